The van der Waals surface area contributed by atoms with Crippen molar-refractivity contribution in [2.24, 2.45) is 14.1 Å². The number of halogens is 4. The number of aromatic nitrogens is 20. The van der Waals surface area contributed by atoms with E-state index in [0.717, 1.165) is 151 Å². The first-order valence-corrected chi connectivity index (χ1v) is 46.8. The maximum Gasteiger partial charge on any atom is 0.433 e. The Morgan fingerprint density at radius 1 is 0.396 bits per heavy atom. The maximum absolute atomic E-state index is 14.3. The summed E-state index contributed by atoms with van der Waals surface area (Å²) in [7, 11) is 3.76. The number of hydrogen-bond donors (Lipinski definition) is 4. The summed E-state index contributed by atoms with van der Waals surface area (Å²) < 4.78 is 51.1. The molecule has 0 amide bonds. The van der Waals surface area contributed by atoms with Gasteiger partial charge in [0.2, 0.25) is 0 Å². The first kappa shape index (κ1) is 87.0. The lowest BCUT2D eigenvalue weighted by Crippen LogP contribution is -2.26. The highest BCUT2D eigenvalue weighted by atomic mass is 35.5. The summed E-state index contributed by atoms with van der Waals surface area (Å²) in [5, 5.41) is 28.6. The molecule has 15 heterocycles. The fourth-order valence-electron chi connectivity index (χ4n) is 17.1. The molecule has 0 aliphatic heterocycles. The number of nitrogens with zero attached hydrogens (tertiary/aromatic N) is 20. The summed E-state index contributed by atoms with van der Waals surface area (Å²) in [6, 6.07) is 52.0. The number of pyridine rings is 6. The normalized spacial score (nSPS) is 13.6. The Labute approximate surface area is 781 Å². The van der Waals surface area contributed by atoms with E-state index in [4.69, 9.17) is 11.6 Å². The molecule has 23 rings (SSSR count). The lowest BCUT2D eigenvalue weighted by Gasteiger charge is -2.22. The van der Waals surface area contributed by atoms with Crippen molar-refractivity contribution >= 4 is 165 Å². The minimum Gasteiger partial charge on any atom is -0.360 e. The Bertz CT molecular complexity index is 8350. The largest absolute Gasteiger partial charge is 0.433 e. The zero-order valence-corrected chi connectivity index (χ0v) is 76.7. The molecule has 0 spiro atoms. The number of aryl methyl sites for hydroxylation is 3. The molecule has 668 valence electrons. The van der Waals surface area contributed by atoms with E-state index in [-0.39, 0.29) is 58.5 Å². The van der Waals surface area contributed by atoms with Gasteiger partial charge in [-0.3, -0.25) is 42.7 Å². The Kier molecular flexibility index (Phi) is 23.5. The average Bonchev–Trinajstić information content (AvgIpc) is 1.73. The van der Waals surface area contributed by atoms with Gasteiger partial charge in [-0.15, -0.1) is 45.3 Å². The highest BCUT2D eigenvalue weighted by Crippen LogP contribution is 2.43. The zero-order chi connectivity index (χ0) is 92.3. The highest BCUT2D eigenvalue weighted by molar-refractivity contribution is 7.17. The van der Waals surface area contributed by atoms with E-state index >= 15 is 0 Å². The van der Waals surface area contributed by atoms with E-state index in [0.29, 0.717) is 72.3 Å². The fourth-order valence-corrected chi connectivity index (χ4v) is 19.9. The van der Waals surface area contributed by atoms with E-state index in [2.05, 4.69) is 116 Å². The second-order valence-electron chi connectivity index (χ2n) is 32.8. The summed E-state index contributed by atoms with van der Waals surface area (Å²) in [6.45, 7) is 10.1. The number of alkyl halides is 3. The quantitative estimate of drug-likeness (QED) is 0.0584. The van der Waals surface area contributed by atoms with Crippen molar-refractivity contribution in [1.82, 2.24) is 97.6 Å². The van der Waals surface area contributed by atoms with Gasteiger partial charge in [-0.1, -0.05) is 115 Å². The van der Waals surface area contributed by atoms with Crippen LogP contribution in [0.2, 0.25) is 5.02 Å². The molecular formula is C98H80ClF3N24O4S4. The zero-order valence-electron chi connectivity index (χ0n) is 72.7. The summed E-state index contributed by atoms with van der Waals surface area (Å²) in [4.78, 5) is 110. The summed E-state index contributed by atoms with van der Waals surface area (Å²) in [5.41, 5.74) is 19.2. The van der Waals surface area contributed by atoms with Crippen LogP contribution in [0.1, 0.15) is 124 Å². The molecule has 6 aromatic carbocycles. The van der Waals surface area contributed by atoms with Gasteiger partial charge < -0.3 is 30.4 Å². The molecule has 0 saturated heterocycles. The third-order valence-corrected chi connectivity index (χ3v) is 27.0. The third kappa shape index (κ3) is 17.1. The van der Waals surface area contributed by atoms with Gasteiger partial charge in [0.05, 0.1) is 89.9 Å². The van der Waals surface area contributed by atoms with Gasteiger partial charge in [-0.25, -0.2) is 54.8 Å². The Hall–Kier alpha value is -15.0. The molecule has 2 saturated carbocycles. The van der Waals surface area contributed by atoms with Gasteiger partial charge in [0, 0.05) is 102 Å². The minimum absolute atomic E-state index is 0.0225. The molecule has 4 N–H and O–H groups in total. The van der Waals surface area contributed by atoms with E-state index in [9.17, 15) is 32.3 Å². The molecule has 0 radical (unpaired) electrons. The summed E-state index contributed by atoms with van der Waals surface area (Å²) in [5.74, 6) is 2.61. The monoisotopic (exact) mass is 1880 g/mol. The Morgan fingerprint density at radius 3 is 1.26 bits per heavy atom. The van der Waals surface area contributed by atoms with Crippen LogP contribution in [0.15, 0.2) is 267 Å². The van der Waals surface area contributed by atoms with Gasteiger partial charge in [0.1, 0.15) is 61.2 Å². The molecule has 4 atom stereocenters. The number of fused-ring (bicyclic) bond motifs is 8. The number of anilines is 4. The highest BCUT2D eigenvalue weighted by Gasteiger charge is 2.35. The van der Waals surface area contributed by atoms with E-state index in [1.165, 1.54) is 64.1 Å². The van der Waals surface area contributed by atoms with Crippen LogP contribution in [0.3, 0.4) is 0 Å². The van der Waals surface area contributed by atoms with Crippen LogP contribution in [0.4, 0.5) is 36.4 Å². The molecule has 134 heavy (non-hydrogen) atoms. The standard InChI is InChI=1S/C29H20F3N5OS.C27H23N7OS.C23H21N7OS.C19H16ClN5OS/c1-17(36-27-26-23(12-13-33-27)39-16-35-26)22-14-18-6-5-9-21(19-10-11-24(34-15-19)29(30,31)32)25(18)28(38)37(22)20-7-3-2-4-8-20;1-16-6-4-8-20(10-16)34-22(17(2)32-25-24-26(29-14-28-25)36-15-30-24)11-18-7-5-9-21(23(18)27(34)35)19-12-31-33(3)13-19;1-13(28-21-20-22(25-11-24-21)32-12-26-20)18-8-14-4-3-5-17(15-9-27-29(2)10-15)19(14)23(31)30(18)16-6-7-16;1-10(24-17-16-18(22-8-21-17)27-9-23-16)14-7-11-3-2-4-13(20)15(11)19(26)25(14)12-5-6-12/h2-17H,1H3,(H,33,36);4-15,17H,1-3H3,(H,28,29,32);3-5,8-13,16H,6-7H2,1-2H3,(H,24,25,28);2-4,7-10,12H,5-6H2,1H3,(H,21,22,24)/t2*17-;13-;10-/m0000/s1. The molecule has 15 aromatic heterocycles. The number of thiazole rings is 4. The van der Waals surface area contributed by atoms with Gasteiger partial charge >= 0.3 is 6.18 Å². The first-order chi connectivity index (χ1) is 65.0. The van der Waals surface area contributed by atoms with Gasteiger partial charge in [-0.2, -0.15) is 23.4 Å². The maximum atomic E-state index is 14.3. The van der Waals surface area contributed by atoms with Crippen LogP contribution in [0.5, 0.6) is 0 Å². The fraction of sp³-hybridized carbons (Fsp3) is 0.184. The van der Waals surface area contributed by atoms with Crippen LogP contribution in [-0.2, 0) is 20.3 Å². The lowest BCUT2D eigenvalue weighted by molar-refractivity contribution is -0.141. The molecule has 36 heteroatoms. The van der Waals surface area contributed by atoms with E-state index in [1.54, 1.807) is 77.5 Å². The van der Waals surface area contributed by atoms with Crippen molar-refractivity contribution in [3.63, 3.8) is 0 Å². The smallest absolute Gasteiger partial charge is 0.360 e. The van der Waals surface area contributed by atoms with Gasteiger partial charge in [-0.05, 0) is 171 Å². The molecular weight excluding hydrogens is 1800 g/mol. The number of para-hydroxylation sites is 1. The Balaban J connectivity index is 0.000000112. The van der Waals surface area contributed by atoms with Crippen LogP contribution in [0.25, 0.3) is 129 Å². The second-order valence-corrected chi connectivity index (χ2v) is 36.6. The topological polar surface area (TPSA) is 326 Å². The SMILES string of the molecule is C[C@H](Nc1nccc2scnc12)c1cc2cccc(-c3ccc(C(F)(F)F)nc3)c2c(=O)n1-c1ccccc1.C[C@H](Nc1ncnc2scnc12)c1cc2cccc(-c3cnn(C)c3)c2c(=O)n1C1CC1.C[C@H](Nc1ncnc2scnc12)c1cc2cccc(Cl)c2c(=O)n1C1CC1.Cc1cccc(-n2c([C@H](C)Nc3ncnc4scnc34)cc3cccc(-c4cnn(C)c4)c3c2=O)c1. The van der Waals surface area contributed by atoms with E-state index in [1.807, 2.05) is 191 Å². The molecule has 2 aliphatic carbocycles. The van der Waals surface area contributed by atoms with Crippen molar-refractivity contribution in [3.8, 4) is 44.8 Å². The predicted octanol–water partition coefficient (Wildman–Crippen LogP) is 21.4. The average molecular weight is 1880 g/mol. The first-order valence-electron chi connectivity index (χ1n) is 42.9. The number of hydrogen-bond acceptors (Lipinski definition) is 26. The predicted molar refractivity (Wildman–Crippen MR) is 526 cm³/mol. The summed E-state index contributed by atoms with van der Waals surface area (Å²) in [6.07, 6.45) is 14.5. The molecule has 21 aromatic rings. The molecule has 2 aliphatic rings. The molecule has 2 fully saturated rings. The minimum atomic E-state index is -4.55. The third-order valence-electron chi connectivity index (χ3n) is 23.7. The molecule has 0 unspecified atom stereocenters. The molecule has 0 bridgehead atoms. The van der Waals surface area contributed by atoms with E-state index < -0.39 is 11.9 Å². The van der Waals surface area contributed by atoms with Crippen molar-refractivity contribution in [2.75, 3.05) is 21.3 Å². The van der Waals surface area contributed by atoms with Crippen molar-refractivity contribution in [3.05, 3.63) is 329 Å². The number of nitrogens with one attached hydrogen (secondary N) is 4. The van der Waals surface area contributed by atoms with Crippen LogP contribution >= 0.6 is 56.9 Å². The van der Waals surface area contributed by atoms with Gasteiger partial charge in [0.25, 0.3) is 22.2 Å². The molecule has 28 nitrogen and oxygen atoms in total. The Morgan fingerprint density at radius 2 is 0.806 bits per heavy atom. The number of rotatable bonds is 19. The summed E-state index contributed by atoms with van der Waals surface area (Å²) >= 11 is 12.3. The van der Waals surface area contributed by atoms with Crippen molar-refractivity contribution < 1.29 is 13.2 Å². The van der Waals surface area contributed by atoms with Crippen LogP contribution in [0, 0.1) is 6.92 Å². The number of benzene rings is 6. The second kappa shape index (κ2) is 36.3. The van der Waals surface area contributed by atoms with Crippen LogP contribution in [-0.4, -0.2) is 97.6 Å². The van der Waals surface area contributed by atoms with Crippen molar-refractivity contribution in [2.45, 2.75) is 103 Å². The lowest BCUT2D eigenvalue weighted by atomic mass is 9.98. The van der Waals surface area contributed by atoms with Gasteiger partial charge in [0.15, 0.2) is 23.3 Å². The van der Waals surface area contributed by atoms with Crippen molar-refractivity contribution in [1.29, 1.82) is 0 Å². The van der Waals surface area contributed by atoms with Crippen LogP contribution < -0.4 is 43.5 Å².